The first-order valence-corrected chi connectivity index (χ1v) is 14.9. The summed E-state index contributed by atoms with van der Waals surface area (Å²) >= 11 is 0. The van der Waals surface area contributed by atoms with Crippen molar-refractivity contribution in [2.24, 2.45) is 0 Å². The van der Waals surface area contributed by atoms with Crippen LogP contribution in [0.15, 0.2) is 174 Å². The summed E-state index contributed by atoms with van der Waals surface area (Å²) in [6.45, 7) is 0. The second kappa shape index (κ2) is 10.2. The minimum absolute atomic E-state index is 0.0150. The number of rotatable bonds is 3. The summed E-state index contributed by atoms with van der Waals surface area (Å²) in [5.41, 5.74) is -0.301. The third-order valence-corrected chi connectivity index (χ3v) is 8.61. The van der Waals surface area contributed by atoms with Crippen molar-refractivity contribution in [2.75, 3.05) is 0 Å². The highest BCUT2D eigenvalue weighted by atomic mass is 16.3. The lowest BCUT2D eigenvalue weighted by atomic mass is 9.84. The van der Waals surface area contributed by atoms with E-state index in [1.807, 2.05) is 36.4 Å². The van der Waals surface area contributed by atoms with Crippen LogP contribution in [0, 0.1) is 0 Å². The fraction of sp³-hybridized carbons (Fsp3) is 0. The molecule has 218 valence electrons. The Balaban J connectivity index is 1.42. The fourth-order valence-corrected chi connectivity index (χ4v) is 6.58. The minimum atomic E-state index is -0.684. The number of benzene rings is 9. The maximum absolute atomic E-state index is 9.65. The van der Waals surface area contributed by atoms with Crippen molar-refractivity contribution in [3.8, 4) is 33.4 Å². The van der Waals surface area contributed by atoms with Crippen LogP contribution < -0.4 is 0 Å². The van der Waals surface area contributed by atoms with Gasteiger partial charge in [0.05, 0.1) is 21.9 Å². The molecule has 10 rings (SSSR count). The molecule has 0 spiro atoms. The molecule has 0 saturated carbocycles. The van der Waals surface area contributed by atoms with Gasteiger partial charge < -0.3 is 4.42 Å². The standard InChI is InChI=1S/C46H28O/c1-2-14-33-29(11-1)12-9-20-34(33)31-23-25-35-30(27-31)13-10-21-37(35)46-40-18-5-3-16-38(40)45(39-17-4-6-19-41(39)46)32-24-26-44-42(28-32)36-15-7-8-22-43(36)47-44/h1-28H/i3D,5D,7D,8D,10D,13D,15D,16D,18D,21D,22D,24D,25D,26D,27D,28D. The van der Waals surface area contributed by atoms with Gasteiger partial charge in [-0.05, 0) is 101 Å². The highest BCUT2D eigenvalue weighted by Crippen LogP contribution is 2.46. The predicted molar refractivity (Wildman–Crippen MR) is 200 cm³/mol. The van der Waals surface area contributed by atoms with Crippen molar-refractivity contribution in [3.63, 3.8) is 0 Å². The molecule has 1 aromatic heterocycles. The summed E-state index contributed by atoms with van der Waals surface area (Å²) < 4.78 is 151. The van der Waals surface area contributed by atoms with E-state index in [4.69, 9.17) is 16.8 Å². The molecule has 1 heteroatoms. The zero-order valence-corrected chi connectivity index (χ0v) is 24.3. The SMILES string of the molecule is [2H]c1c([2H])c([2H])c2c(oc3c([2H])c([2H])c(-c4c5ccccc5c(-c5c([2H])c([2H])c([2H])c6c([2H])c(-c7cccc8ccccc78)cc([2H])c56)c5c([2H])c([2H])c([2H])c([2H])c45)c([2H])c32)c1[2H]. The molecule has 47 heavy (non-hydrogen) atoms. The maximum Gasteiger partial charge on any atom is 0.135 e. The van der Waals surface area contributed by atoms with Gasteiger partial charge in [0.1, 0.15) is 11.2 Å². The van der Waals surface area contributed by atoms with Gasteiger partial charge in [-0.25, -0.2) is 0 Å². The summed E-state index contributed by atoms with van der Waals surface area (Å²) in [6, 6.07) is 12.3. The number of fused-ring (bicyclic) bond motifs is 7. The van der Waals surface area contributed by atoms with E-state index < -0.39 is 84.6 Å². The molecule has 0 radical (unpaired) electrons. The number of para-hydroxylation sites is 1. The Kier molecular flexibility index (Phi) is 3.23. The van der Waals surface area contributed by atoms with Crippen molar-refractivity contribution in [3.05, 3.63) is 169 Å². The maximum atomic E-state index is 9.65. The largest absolute Gasteiger partial charge is 0.456 e. The van der Waals surface area contributed by atoms with Crippen LogP contribution in [0.1, 0.15) is 21.9 Å². The van der Waals surface area contributed by atoms with E-state index in [1.165, 1.54) is 6.07 Å². The average Bonchev–Trinajstić information content (AvgIpc) is 3.70. The Bertz CT molecular complexity index is 3760. The third kappa shape index (κ3) is 3.97. The first-order valence-electron chi connectivity index (χ1n) is 22.9. The van der Waals surface area contributed by atoms with E-state index in [1.54, 1.807) is 30.3 Å². The van der Waals surface area contributed by atoms with Crippen molar-refractivity contribution in [1.82, 2.24) is 0 Å². The minimum Gasteiger partial charge on any atom is -0.456 e. The number of hydrogen-bond acceptors (Lipinski definition) is 1. The first kappa shape index (κ1) is 14.9. The second-order valence-electron chi connectivity index (χ2n) is 11.2. The van der Waals surface area contributed by atoms with Gasteiger partial charge >= 0.3 is 0 Å². The quantitative estimate of drug-likeness (QED) is 0.181. The monoisotopic (exact) mass is 612 g/mol. The van der Waals surface area contributed by atoms with Gasteiger partial charge in [-0.3, -0.25) is 0 Å². The van der Waals surface area contributed by atoms with E-state index >= 15 is 0 Å². The van der Waals surface area contributed by atoms with Crippen LogP contribution in [0.2, 0.25) is 0 Å². The molecule has 0 atom stereocenters. The lowest BCUT2D eigenvalue weighted by molar-refractivity contribution is 0.669. The molecule has 1 nitrogen and oxygen atoms in total. The number of furan rings is 1. The smallest absolute Gasteiger partial charge is 0.135 e. The van der Waals surface area contributed by atoms with Gasteiger partial charge in [0.2, 0.25) is 0 Å². The average molecular weight is 613 g/mol. The molecule has 10 aromatic rings. The molecule has 9 aromatic carbocycles. The highest BCUT2D eigenvalue weighted by molar-refractivity contribution is 6.24. The lowest BCUT2D eigenvalue weighted by Crippen LogP contribution is -1.92. The molecular formula is C46H28O. The van der Waals surface area contributed by atoms with Crippen LogP contribution >= 0.6 is 0 Å². The van der Waals surface area contributed by atoms with Crippen LogP contribution in [-0.2, 0) is 0 Å². The van der Waals surface area contributed by atoms with Crippen molar-refractivity contribution >= 4 is 65.0 Å². The van der Waals surface area contributed by atoms with Crippen molar-refractivity contribution in [1.29, 1.82) is 0 Å². The van der Waals surface area contributed by atoms with E-state index in [9.17, 15) is 9.60 Å². The Morgan fingerprint density at radius 1 is 0.362 bits per heavy atom. The molecule has 0 fully saturated rings. The summed E-state index contributed by atoms with van der Waals surface area (Å²) in [5, 5.41) is 0.989. The zero-order valence-electron chi connectivity index (χ0n) is 40.3. The van der Waals surface area contributed by atoms with E-state index in [-0.39, 0.29) is 88.6 Å². The molecule has 0 unspecified atom stereocenters. The highest BCUT2D eigenvalue weighted by Gasteiger charge is 2.19. The van der Waals surface area contributed by atoms with Gasteiger partial charge in [0.15, 0.2) is 0 Å². The third-order valence-electron chi connectivity index (χ3n) is 8.61. The Hall–Kier alpha value is -6.18. The van der Waals surface area contributed by atoms with Gasteiger partial charge in [0.25, 0.3) is 0 Å². The molecule has 0 aliphatic carbocycles. The van der Waals surface area contributed by atoms with Gasteiger partial charge in [-0.1, -0.05) is 145 Å². The Morgan fingerprint density at radius 3 is 1.94 bits per heavy atom. The van der Waals surface area contributed by atoms with Crippen LogP contribution in [0.5, 0.6) is 0 Å². The van der Waals surface area contributed by atoms with Crippen LogP contribution in [0.3, 0.4) is 0 Å². The van der Waals surface area contributed by atoms with Crippen LogP contribution in [-0.4, -0.2) is 0 Å². The van der Waals surface area contributed by atoms with E-state index in [0.29, 0.717) is 11.1 Å². The van der Waals surface area contributed by atoms with Gasteiger partial charge in [-0.15, -0.1) is 0 Å². The summed E-state index contributed by atoms with van der Waals surface area (Å²) in [5.74, 6) is 0. The van der Waals surface area contributed by atoms with Crippen molar-refractivity contribution < 1.29 is 26.3 Å². The summed E-state index contributed by atoms with van der Waals surface area (Å²) in [6.07, 6.45) is 0. The Morgan fingerprint density at radius 2 is 1.06 bits per heavy atom. The molecule has 0 saturated heterocycles. The molecule has 0 N–H and O–H groups in total. The summed E-state index contributed by atoms with van der Waals surface area (Å²) in [7, 11) is 0. The lowest BCUT2D eigenvalue weighted by Gasteiger charge is -2.19. The summed E-state index contributed by atoms with van der Waals surface area (Å²) in [4.78, 5) is 0. The van der Waals surface area contributed by atoms with Gasteiger partial charge in [0, 0.05) is 10.8 Å². The van der Waals surface area contributed by atoms with Crippen LogP contribution in [0.4, 0.5) is 0 Å². The molecule has 0 amide bonds. The fourth-order valence-electron chi connectivity index (χ4n) is 6.58. The van der Waals surface area contributed by atoms with E-state index in [0.717, 1.165) is 10.8 Å². The predicted octanol–water partition coefficient (Wildman–Crippen LogP) is 13.2. The topological polar surface area (TPSA) is 13.1 Å². The number of hydrogen-bond donors (Lipinski definition) is 0. The molecule has 0 aliphatic rings. The Labute approximate surface area is 294 Å². The molecule has 1 heterocycles. The first-order chi connectivity index (χ1) is 30.0. The van der Waals surface area contributed by atoms with E-state index in [2.05, 4.69) is 0 Å². The molecule has 0 bridgehead atoms. The second-order valence-corrected chi connectivity index (χ2v) is 11.2. The van der Waals surface area contributed by atoms with Crippen molar-refractivity contribution in [2.45, 2.75) is 0 Å². The van der Waals surface area contributed by atoms with Gasteiger partial charge in [-0.2, -0.15) is 0 Å². The van der Waals surface area contributed by atoms with Crippen LogP contribution in [0.25, 0.3) is 98.4 Å². The molecule has 0 aliphatic heterocycles. The molecular weight excluding hydrogens is 569 g/mol. The zero-order chi connectivity index (χ0) is 44.8. The normalized spacial score (nSPS) is 16.6.